The van der Waals surface area contributed by atoms with Gasteiger partial charge in [-0.05, 0) is 26.2 Å². The van der Waals surface area contributed by atoms with E-state index < -0.39 is 0 Å². The summed E-state index contributed by atoms with van der Waals surface area (Å²) in [6, 6.07) is 0.0961. The van der Waals surface area contributed by atoms with Crippen LogP contribution >= 0.6 is 0 Å². The first-order valence-corrected chi connectivity index (χ1v) is 6.70. The summed E-state index contributed by atoms with van der Waals surface area (Å²) in [4.78, 5) is 22.9. The van der Waals surface area contributed by atoms with Crippen molar-refractivity contribution in [2.24, 2.45) is 5.92 Å². The van der Waals surface area contributed by atoms with Crippen LogP contribution in [0.2, 0.25) is 0 Å². The zero-order valence-electron chi connectivity index (χ0n) is 12.2. The van der Waals surface area contributed by atoms with Crippen LogP contribution in [0.15, 0.2) is 0 Å². The van der Waals surface area contributed by atoms with E-state index in [1.54, 1.807) is 0 Å². The second kappa shape index (κ2) is 8.78. The van der Waals surface area contributed by atoms with E-state index in [1.165, 1.54) is 0 Å². The Morgan fingerprint density at radius 2 is 1.67 bits per heavy atom. The van der Waals surface area contributed by atoms with Crippen molar-refractivity contribution < 1.29 is 9.59 Å². The summed E-state index contributed by atoms with van der Waals surface area (Å²) in [6.45, 7) is 10.4. The molecule has 0 saturated carbocycles. The fourth-order valence-electron chi connectivity index (χ4n) is 1.16. The van der Waals surface area contributed by atoms with Gasteiger partial charge in [-0.2, -0.15) is 0 Å². The van der Waals surface area contributed by atoms with Crippen molar-refractivity contribution in [2.45, 2.75) is 59.5 Å². The molecule has 0 radical (unpaired) electrons. The van der Waals surface area contributed by atoms with Gasteiger partial charge < -0.3 is 16.0 Å². The summed E-state index contributed by atoms with van der Waals surface area (Å²) >= 11 is 0. The largest absolute Gasteiger partial charge is 0.354 e. The van der Waals surface area contributed by atoms with Crippen molar-refractivity contribution in [1.29, 1.82) is 0 Å². The Hall–Kier alpha value is -1.26. The topological polar surface area (TPSA) is 70.2 Å². The highest BCUT2D eigenvalue weighted by Crippen LogP contribution is 1.98. The number of carbonyl (C=O) groups is 2. The molecule has 0 fully saturated rings. The van der Waals surface area contributed by atoms with Gasteiger partial charge in [0.05, 0.1) is 0 Å². The molecule has 0 aliphatic heterocycles. The molecule has 0 aromatic carbocycles. The van der Waals surface area contributed by atoms with Crippen molar-refractivity contribution in [1.82, 2.24) is 16.0 Å². The van der Waals surface area contributed by atoms with Gasteiger partial charge >= 0.3 is 6.03 Å². The fraction of sp³-hybridized carbons (Fsp3) is 0.846. The molecule has 5 heteroatoms. The van der Waals surface area contributed by atoms with Crippen molar-refractivity contribution in [3.05, 3.63) is 0 Å². The third kappa shape index (κ3) is 7.92. The van der Waals surface area contributed by atoms with Gasteiger partial charge in [-0.1, -0.05) is 20.8 Å². The van der Waals surface area contributed by atoms with E-state index in [-0.39, 0.29) is 24.0 Å². The summed E-state index contributed by atoms with van der Waals surface area (Å²) < 4.78 is 0. The Morgan fingerprint density at radius 3 is 2.17 bits per heavy atom. The van der Waals surface area contributed by atoms with E-state index in [0.29, 0.717) is 18.9 Å². The van der Waals surface area contributed by atoms with Gasteiger partial charge in [0.25, 0.3) is 0 Å². The Balaban J connectivity index is 3.71. The molecule has 0 aromatic heterocycles. The average molecular weight is 257 g/mol. The highest BCUT2D eigenvalue weighted by Gasteiger charge is 2.10. The molecule has 106 valence electrons. The number of hydrogen-bond donors (Lipinski definition) is 3. The Bertz CT molecular complexity index is 267. The smallest absolute Gasteiger partial charge is 0.315 e. The molecule has 0 aromatic rings. The molecular weight excluding hydrogens is 230 g/mol. The Kier molecular flexibility index (Phi) is 8.16. The lowest BCUT2D eigenvalue weighted by Crippen LogP contribution is -2.44. The summed E-state index contributed by atoms with van der Waals surface area (Å²) in [5.41, 5.74) is 0. The zero-order chi connectivity index (χ0) is 14.1. The Morgan fingerprint density at radius 1 is 1.06 bits per heavy atom. The molecule has 0 saturated heterocycles. The van der Waals surface area contributed by atoms with Crippen molar-refractivity contribution in [2.75, 3.05) is 6.54 Å². The highest BCUT2D eigenvalue weighted by atomic mass is 16.2. The first-order valence-electron chi connectivity index (χ1n) is 6.70. The van der Waals surface area contributed by atoms with E-state index in [2.05, 4.69) is 16.0 Å². The average Bonchev–Trinajstić information content (AvgIpc) is 2.28. The Labute approximate surface area is 110 Å². The number of amides is 3. The minimum absolute atomic E-state index is 0.0263. The first kappa shape index (κ1) is 16.7. The maximum atomic E-state index is 11.5. The molecule has 3 N–H and O–H groups in total. The van der Waals surface area contributed by atoms with Crippen molar-refractivity contribution in [3.63, 3.8) is 0 Å². The fourth-order valence-corrected chi connectivity index (χ4v) is 1.16. The summed E-state index contributed by atoms with van der Waals surface area (Å²) in [7, 11) is 0. The van der Waals surface area contributed by atoms with Gasteiger partial charge in [-0.25, -0.2) is 4.79 Å². The number of carbonyl (C=O) groups excluding carboxylic acids is 2. The molecule has 2 atom stereocenters. The molecule has 5 nitrogen and oxygen atoms in total. The van der Waals surface area contributed by atoms with Crippen LogP contribution in [0.25, 0.3) is 0 Å². The molecule has 0 spiro atoms. The number of nitrogens with one attached hydrogen (secondary N) is 3. The number of hydrogen-bond acceptors (Lipinski definition) is 2. The van der Waals surface area contributed by atoms with Crippen LogP contribution in [0.3, 0.4) is 0 Å². The molecule has 2 unspecified atom stereocenters. The van der Waals surface area contributed by atoms with Gasteiger partial charge in [0.1, 0.15) is 0 Å². The summed E-state index contributed by atoms with van der Waals surface area (Å²) in [5.74, 6) is 0.367. The van der Waals surface area contributed by atoms with E-state index >= 15 is 0 Å². The van der Waals surface area contributed by atoms with E-state index in [4.69, 9.17) is 0 Å². The predicted octanol–water partition coefficient (Wildman–Crippen LogP) is 1.63. The summed E-state index contributed by atoms with van der Waals surface area (Å²) in [6.07, 6.45) is 1.22. The first-order chi connectivity index (χ1) is 8.36. The van der Waals surface area contributed by atoms with Crippen LogP contribution in [-0.4, -0.2) is 30.6 Å². The third-order valence-electron chi connectivity index (χ3n) is 3.02. The highest BCUT2D eigenvalue weighted by molar-refractivity contribution is 5.78. The number of urea groups is 1. The van der Waals surface area contributed by atoms with Crippen LogP contribution in [-0.2, 0) is 4.79 Å². The van der Waals surface area contributed by atoms with E-state index in [0.717, 1.165) is 6.42 Å². The van der Waals surface area contributed by atoms with Crippen molar-refractivity contribution >= 4 is 11.9 Å². The van der Waals surface area contributed by atoms with Crippen LogP contribution in [0, 0.1) is 5.92 Å². The maximum Gasteiger partial charge on any atom is 0.315 e. The molecule has 0 bridgehead atoms. The van der Waals surface area contributed by atoms with E-state index in [1.807, 2.05) is 34.6 Å². The molecule has 0 heterocycles. The standard InChI is InChI=1S/C13H27N3O2/c1-6-10(4)15-12(17)7-8-14-13(18)16-11(5)9(2)3/h9-11H,6-8H2,1-5H3,(H,15,17)(H2,14,16,18). The maximum absolute atomic E-state index is 11.5. The van der Waals surface area contributed by atoms with Crippen LogP contribution < -0.4 is 16.0 Å². The third-order valence-corrected chi connectivity index (χ3v) is 3.02. The molecule has 0 aliphatic carbocycles. The van der Waals surface area contributed by atoms with Crippen LogP contribution in [0.4, 0.5) is 4.79 Å². The summed E-state index contributed by atoms with van der Waals surface area (Å²) in [5, 5.41) is 8.35. The van der Waals surface area contributed by atoms with Gasteiger partial charge in [-0.15, -0.1) is 0 Å². The second-order valence-corrected chi connectivity index (χ2v) is 5.06. The lowest BCUT2D eigenvalue weighted by atomic mass is 10.1. The minimum Gasteiger partial charge on any atom is -0.354 e. The quantitative estimate of drug-likeness (QED) is 0.649. The van der Waals surface area contributed by atoms with E-state index in [9.17, 15) is 9.59 Å². The van der Waals surface area contributed by atoms with Crippen LogP contribution in [0.5, 0.6) is 0 Å². The molecule has 0 aliphatic rings. The SMILES string of the molecule is CCC(C)NC(=O)CCNC(=O)NC(C)C(C)C. The lowest BCUT2D eigenvalue weighted by Gasteiger charge is -2.18. The predicted molar refractivity (Wildman–Crippen MR) is 73.3 cm³/mol. The van der Waals surface area contributed by atoms with Crippen LogP contribution in [0.1, 0.15) is 47.5 Å². The normalized spacial score (nSPS) is 13.9. The minimum atomic E-state index is -0.215. The molecule has 3 amide bonds. The molecule has 0 rings (SSSR count). The van der Waals surface area contributed by atoms with Gasteiger partial charge in [0.15, 0.2) is 0 Å². The van der Waals surface area contributed by atoms with Crippen molar-refractivity contribution in [3.8, 4) is 0 Å². The number of rotatable bonds is 7. The van der Waals surface area contributed by atoms with Gasteiger partial charge in [0.2, 0.25) is 5.91 Å². The van der Waals surface area contributed by atoms with Gasteiger partial charge in [0, 0.05) is 25.0 Å². The lowest BCUT2D eigenvalue weighted by molar-refractivity contribution is -0.121. The second-order valence-electron chi connectivity index (χ2n) is 5.06. The molecule has 18 heavy (non-hydrogen) atoms. The van der Waals surface area contributed by atoms with Gasteiger partial charge in [-0.3, -0.25) is 4.79 Å². The molecular formula is C13H27N3O2. The zero-order valence-corrected chi connectivity index (χ0v) is 12.2. The monoisotopic (exact) mass is 257 g/mol.